The molecule has 3 aromatic carbocycles. The highest BCUT2D eigenvalue weighted by Gasteiger charge is 2.25. The van der Waals surface area contributed by atoms with Crippen molar-refractivity contribution < 1.29 is 27.8 Å². The topological polar surface area (TPSA) is 115 Å². The Morgan fingerprint density at radius 3 is 2.45 bits per heavy atom. The molecule has 0 saturated carbocycles. The molecule has 1 aromatic heterocycles. The van der Waals surface area contributed by atoms with Gasteiger partial charge in [0.15, 0.2) is 9.84 Å². The molecule has 1 atom stereocenters. The summed E-state index contributed by atoms with van der Waals surface area (Å²) >= 11 is 0. The highest BCUT2D eigenvalue weighted by molar-refractivity contribution is 7.91. The van der Waals surface area contributed by atoms with E-state index in [-0.39, 0.29) is 23.0 Å². The number of sulfone groups is 1. The molecule has 9 heteroatoms. The molecule has 2 N–H and O–H groups in total. The third kappa shape index (κ3) is 7.79. The van der Waals surface area contributed by atoms with Gasteiger partial charge in [0.1, 0.15) is 18.5 Å². The van der Waals surface area contributed by atoms with E-state index >= 15 is 0 Å². The van der Waals surface area contributed by atoms with Crippen molar-refractivity contribution in [2.45, 2.75) is 37.2 Å². The molecule has 0 fully saturated rings. The summed E-state index contributed by atoms with van der Waals surface area (Å²) in [5.74, 6) is 0.183. The van der Waals surface area contributed by atoms with Crippen molar-refractivity contribution in [3.05, 3.63) is 114 Å². The zero-order chi connectivity index (χ0) is 30.9. The Labute approximate surface area is 258 Å². The molecule has 228 valence electrons. The second-order valence-corrected chi connectivity index (χ2v) is 12.6. The van der Waals surface area contributed by atoms with Crippen molar-refractivity contribution in [1.82, 2.24) is 4.98 Å². The first-order chi connectivity index (χ1) is 21.3. The number of fused-ring (bicyclic) bond motifs is 1. The number of amides is 1. The Morgan fingerprint density at radius 2 is 1.73 bits per heavy atom. The molecule has 0 bridgehead atoms. The van der Waals surface area contributed by atoms with Gasteiger partial charge < -0.3 is 19.9 Å². The van der Waals surface area contributed by atoms with Gasteiger partial charge in [0.25, 0.3) is 5.91 Å². The summed E-state index contributed by atoms with van der Waals surface area (Å²) < 4.78 is 37.5. The standard InChI is InChI=1S/C35H36N2O6S/c1-2-3-19-42-20-21-43-31-14-9-25(10-15-31)27-11-16-33-29(23-27)24-28(17-22-44(33,40)41)35(39)37-30-12-7-26(8-13-30)34(38)32-6-4-5-18-36-32/h4-16,18,23-24,34,38H,2-3,17,19-22H2,1H3,(H,37,39). The summed E-state index contributed by atoms with van der Waals surface area (Å²) in [6, 6.07) is 25.0. The molecule has 1 aliphatic heterocycles. The second kappa shape index (κ2) is 14.4. The minimum atomic E-state index is -3.58. The zero-order valence-electron chi connectivity index (χ0n) is 24.6. The van der Waals surface area contributed by atoms with E-state index in [1.165, 1.54) is 0 Å². The summed E-state index contributed by atoms with van der Waals surface area (Å²) in [5.41, 5.74) is 4.26. The normalized spacial score (nSPS) is 14.5. The Bertz CT molecular complexity index is 1700. The number of nitrogens with zero attached hydrogens (tertiary/aromatic N) is 1. The predicted octanol–water partition coefficient (Wildman–Crippen LogP) is 6.23. The summed E-state index contributed by atoms with van der Waals surface area (Å²) in [4.78, 5) is 17.7. The number of rotatable bonds is 12. The van der Waals surface area contributed by atoms with Crippen LogP contribution in [0, 0.1) is 0 Å². The smallest absolute Gasteiger partial charge is 0.251 e. The molecule has 1 unspecified atom stereocenters. The first-order valence-corrected chi connectivity index (χ1v) is 16.4. The van der Waals surface area contributed by atoms with Crippen molar-refractivity contribution in [3.63, 3.8) is 0 Å². The second-order valence-electron chi connectivity index (χ2n) is 10.6. The van der Waals surface area contributed by atoms with Gasteiger partial charge in [-0.05, 0) is 89.7 Å². The maximum atomic E-state index is 13.3. The van der Waals surface area contributed by atoms with E-state index in [4.69, 9.17) is 9.47 Å². The van der Waals surface area contributed by atoms with E-state index in [9.17, 15) is 18.3 Å². The van der Waals surface area contributed by atoms with Gasteiger partial charge in [0.05, 0.1) is 22.9 Å². The van der Waals surface area contributed by atoms with Gasteiger partial charge in [-0.25, -0.2) is 8.42 Å². The third-order valence-corrected chi connectivity index (χ3v) is 9.17. The van der Waals surface area contributed by atoms with Crippen LogP contribution in [0.1, 0.15) is 49.1 Å². The number of carbonyl (C=O) groups is 1. The first kappa shape index (κ1) is 31.1. The quantitative estimate of drug-likeness (QED) is 0.182. The molecular weight excluding hydrogens is 576 g/mol. The van der Waals surface area contributed by atoms with Crippen LogP contribution >= 0.6 is 0 Å². The van der Waals surface area contributed by atoms with E-state index in [0.717, 1.165) is 36.3 Å². The van der Waals surface area contributed by atoms with Gasteiger partial charge >= 0.3 is 0 Å². The number of hydrogen-bond acceptors (Lipinski definition) is 7. The number of pyridine rings is 1. The van der Waals surface area contributed by atoms with Gasteiger partial charge in [-0.15, -0.1) is 0 Å². The number of carbonyl (C=O) groups excluding carboxylic acids is 1. The fourth-order valence-electron chi connectivity index (χ4n) is 4.90. The first-order valence-electron chi connectivity index (χ1n) is 14.7. The molecule has 2 heterocycles. The van der Waals surface area contributed by atoms with Crippen LogP contribution in [0.5, 0.6) is 5.75 Å². The van der Waals surface area contributed by atoms with Crippen LogP contribution < -0.4 is 10.1 Å². The lowest BCUT2D eigenvalue weighted by Gasteiger charge is -2.12. The molecule has 44 heavy (non-hydrogen) atoms. The highest BCUT2D eigenvalue weighted by atomic mass is 32.2. The molecular formula is C35H36N2O6S. The van der Waals surface area contributed by atoms with E-state index < -0.39 is 15.9 Å². The van der Waals surface area contributed by atoms with Crippen molar-refractivity contribution in [2.24, 2.45) is 0 Å². The lowest BCUT2D eigenvalue weighted by atomic mass is 10.0. The Balaban J connectivity index is 1.29. The predicted molar refractivity (Wildman–Crippen MR) is 171 cm³/mol. The van der Waals surface area contributed by atoms with Crippen LogP contribution in [0.15, 0.2) is 102 Å². The van der Waals surface area contributed by atoms with Gasteiger partial charge in [-0.1, -0.05) is 49.7 Å². The fraction of sp³-hybridized carbons (Fsp3) is 0.257. The minimum Gasteiger partial charge on any atom is -0.491 e. The molecule has 1 amide bonds. The maximum absolute atomic E-state index is 13.3. The third-order valence-electron chi connectivity index (χ3n) is 7.38. The van der Waals surface area contributed by atoms with Crippen LogP contribution in [-0.2, 0) is 19.4 Å². The van der Waals surface area contributed by atoms with Gasteiger partial charge in [-0.3, -0.25) is 9.78 Å². The molecule has 5 rings (SSSR count). The number of aliphatic hydroxyl groups is 1. The van der Waals surface area contributed by atoms with Crippen molar-refractivity contribution >= 4 is 27.5 Å². The zero-order valence-corrected chi connectivity index (χ0v) is 25.4. The Hall–Kier alpha value is -4.31. The van der Waals surface area contributed by atoms with Crippen LogP contribution in [0.4, 0.5) is 5.69 Å². The summed E-state index contributed by atoms with van der Waals surface area (Å²) in [6.07, 6.45) is 4.60. The molecule has 1 aliphatic rings. The molecule has 4 aromatic rings. The number of hydrogen-bond donors (Lipinski definition) is 2. The largest absolute Gasteiger partial charge is 0.491 e. The number of ether oxygens (including phenoxy) is 2. The van der Waals surface area contributed by atoms with Gasteiger partial charge in [0.2, 0.25) is 0 Å². The molecule has 0 radical (unpaired) electrons. The average molecular weight is 613 g/mol. The van der Waals surface area contributed by atoms with Crippen molar-refractivity contribution in [1.29, 1.82) is 0 Å². The van der Waals surface area contributed by atoms with Crippen molar-refractivity contribution in [2.75, 3.05) is 30.9 Å². The van der Waals surface area contributed by atoms with Crippen LogP contribution in [0.25, 0.3) is 17.2 Å². The Morgan fingerprint density at radius 1 is 0.955 bits per heavy atom. The number of benzene rings is 3. The summed E-state index contributed by atoms with van der Waals surface area (Å²) in [6.45, 7) is 3.85. The average Bonchev–Trinajstić information content (AvgIpc) is 3.18. The SMILES string of the molecule is CCCCOCCOc1ccc(-c2ccc3c(c2)C=C(C(=O)Nc2ccc(C(O)c4ccccn4)cc2)CCS3(=O)=O)cc1. The van der Waals surface area contributed by atoms with Crippen molar-refractivity contribution in [3.8, 4) is 16.9 Å². The summed E-state index contributed by atoms with van der Waals surface area (Å²) in [5, 5.41) is 13.5. The number of unbranched alkanes of at least 4 members (excludes halogenated alkanes) is 1. The molecule has 0 saturated heterocycles. The van der Waals surface area contributed by atoms with E-state index in [2.05, 4.69) is 17.2 Å². The molecule has 0 aliphatic carbocycles. The van der Waals surface area contributed by atoms with Gasteiger partial charge in [0, 0.05) is 24.1 Å². The van der Waals surface area contributed by atoms with E-state index in [0.29, 0.717) is 41.3 Å². The highest BCUT2D eigenvalue weighted by Crippen LogP contribution is 2.32. The number of aliphatic hydroxyl groups excluding tert-OH is 1. The van der Waals surface area contributed by atoms with E-state index in [1.807, 2.05) is 24.3 Å². The fourth-order valence-corrected chi connectivity index (χ4v) is 6.36. The Kier molecular flexibility index (Phi) is 10.2. The van der Waals surface area contributed by atoms with E-state index in [1.54, 1.807) is 72.9 Å². The lowest BCUT2D eigenvalue weighted by molar-refractivity contribution is -0.112. The van der Waals surface area contributed by atoms with Gasteiger partial charge in [-0.2, -0.15) is 0 Å². The maximum Gasteiger partial charge on any atom is 0.251 e. The lowest BCUT2D eigenvalue weighted by Crippen LogP contribution is -2.16. The summed E-state index contributed by atoms with van der Waals surface area (Å²) in [7, 11) is -3.58. The minimum absolute atomic E-state index is 0.0862. The molecule has 8 nitrogen and oxygen atoms in total. The van der Waals surface area contributed by atoms with Crippen LogP contribution in [0.3, 0.4) is 0 Å². The van der Waals surface area contributed by atoms with Crippen LogP contribution in [0.2, 0.25) is 0 Å². The van der Waals surface area contributed by atoms with Crippen LogP contribution in [-0.4, -0.2) is 50.0 Å². The number of nitrogens with one attached hydrogen (secondary N) is 1. The monoisotopic (exact) mass is 612 g/mol. The number of aromatic nitrogens is 1. The number of anilines is 1. The molecule has 0 spiro atoms.